The summed E-state index contributed by atoms with van der Waals surface area (Å²) in [7, 11) is -4.03. The van der Waals surface area contributed by atoms with Crippen LogP contribution in [0.15, 0.2) is 23.1 Å². The molecule has 9 heteroatoms. The van der Waals surface area contributed by atoms with Crippen molar-refractivity contribution in [3.8, 4) is 0 Å². The first kappa shape index (κ1) is 19.6. The second-order valence-corrected chi connectivity index (χ2v) is 9.02. The highest BCUT2D eigenvalue weighted by Crippen LogP contribution is 2.34. The molecular formula is C16H25N3O5S. The van der Waals surface area contributed by atoms with Gasteiger partial charge in [-0.3, -0.25) is 10.1 Å². The maximum atomic E-state index is 11.6. The van der Waals surface area contributed by atoms with Gasteiger partial charge in [-0.15, -0.1) is 0 Å². The van der Waals surface area contributed by atoms with Crippen LogP contribution in [0.5, 0.6) is 0 Å². The minimum atomic E-state index is -4.03. The van der Waals surface area contributed by atoms with Crippen LogP contribution >= 0.6 is 0 Å². The number of rotatable bonds is 5. The van der Waals surface area contributed by atoms with Gasteiger partial charge in [0.1, 0.15) is 0 Å². The molecule has 0 aliphatic carbocycles. The van der Waals surface area contributed by atoms with E-state index < -0.39 is 14.9 Å². The number of hydrogen-bond acceptors (Lipinski definition) is 6. The van der Waals surface area contributed by atoms with Gasteiger partial charge < -0.3 is 10.1 Å². The lowest BCUT2D eigenvalue weighted by Crippen LogP contribution is -2.42. The molecule has 0 bridgehead atoms. The van der Waals surface area contributed by atoms with E-state index in [1.165, 1.54) is 12.1 Å². The van der Waals surface area contributed by atoms with E-state index in [1.807, 2.05) is 0 Å². The van der Waals surface area contributed by atoms with Crippen molar-refractivity contribution in [2.75, 3.05) is 18.5 Å². The molecule has 2 rings (SSSR count). The Morgan fingerprint density at radius 2 is 2.04 bits per heavy atom. The SMILES string of the molecule is CC(C)(C)C1OCCCC1CNc1cc([N+](=O)[O-])cc(S(N)(=O)=O)c1. The van der Waals surface area contributed by atoms with Gasteiger partial charge in [0.2, 0.25) is 10.0 Å². The summed E-state index contributed by atoms with van der Waals surface area (Å²) in [6, 6.07) is 3.59. The van der Waals surface area contributed by atoms with Crippen LogP contribution < -0.4 is 10.5 Å². The van der Waals surface area contributed by atoms with Gasteiger partial charge in [-0.2, -0.15) is 0 Å². The van der Waals surface area contributed by atoms with Gasteiger partial charge in [-0.25, -0.2) is 13.6 Å². The van der Waals surface area contributed by atoms with Crippen molar-refractivity contribution in [2.24, 2.45) is 16.5 Å². The number of nitro benzene ring substituents is 1. The van der Waals surface area contributed by atoms with Gasteiger partial charge in [0.25, 0.3) is 5.69 Å². The summed E-state index contributed by atoms with van der Waals surface area (Å²) >= 11 is 0. The number of primary sulfonamides is 1. The first-order valence-corrected chi connectivity index (χ1v) is 9.71. The van der Waals surface area contributed by atoms with Crippen molar-refractivity contribution in [1.82, 2.24) is 0 Å². The highest BCUT2D eigenvalue weighted by Gasteiger charge is 2.35. The van der Waals surface area contributed by atoms with Crippen molar-refractivity contribution in [3.63, 3.8) is 0 Å². The van der Waals surface area contributed by atoms with Crippen molar-refractivity contribution < 1.29 is 18.1 Å². The van der Waals surface area contributed by atoms with Gasteiger partial charge in [-0.05, 0) is 24.3 Å². The molecule has 0 radical (unpaired) electrons. The minimum Gasteiger partial charge on any atom is -0.384 e. The molecule has 1 heterocycles. The van der Waals surface area contributed by atoms with Crippen molar-refractivity contribution in [2.45, 2.75) is 44.6 Å². The highest BCUT2D eigenvalue weighted by atomic mass is 32.2. The maximum Gasteiger partial charge on any atom is 0.272 e. The van der Waals surface area contributed by atoms with Crippen LogP contribution in [0.1, 0.15) is 33.6 Å². The van der Waals surface area contributed by atoms with Gasteiger partial charge in [0, 0.05) is 36.9 Å². The standard InChI is InChI=1S/C16H25N3O5S/c1-16(2,3)15-11(5-4-6-24-15)10-18-12-7-13(19(20)21)9-14(8-12)25(17,22)23/h7-9,11,15,18H,4-6,10H2,1-3H3,(H2,17,22,23). The topological polar surface area (TPSA) is 125 Å². The van der Waals surface area contributed by atoms with E-state index in [0.29, 0.717) is 12.2 Å². The Morgan fingerprint density at radius 1 is 1.36 bits per heavy atom. The number of non-ortho nitro benzene ring substituents is 1. The average molecular weight is 371 g/mol. The third kappa shape index (κ3) is 5.13. The van der Waals surface area contributed by atoms with Crippen molar-refractivity contribution >= 4 is 21.4 Å². The van der Waals surface area contributed by atoms with E-state index >= 15 is 0 Å². The zero-order valence-electron chi connectivity index (χ0n) is 14.7. The molecule has 0 spiro atoms. The fourth-order valence-corrected chi connectivity index (χ4v) is 3.79. The monoisotopic (exact) mass is 371 g/mol. The Morgan fingerprint density at radius 3 is 2.60 bits per heavy atom. The van der Waals surface area contributed by atoms with Crippen LogP contribution in [0.2, 0.25) is 0 Å². The smallest absolute Gasteiger partial charge is 0.272 e. The lowest BCUT2D eigenvalue weighted by Gasteiger charge is -2.40. The molecule has 1 aromatic carbocycles. The zero-order chi connectivity index (χ0) is 18.8. The zero-order valence-corrected chi connectivity index (χ0v) is 15.5. The minimum absolute atomic E-state index is 0.0266. The molecule has 0 amide bonds. The molecule has 2 unspecified atom stereocenters. The second-order valence-electron chi connectivity index (χ2n) is 7.46. The van der Waals surface area contributed by atoms with Crippen LogP contribution in [-0.2, 0) is 14.8 Å². The Bertz CT molecular complexity index is 743. The fraction of sp³-hybridized carbons (Fsp3) is 0.625. The molecule has 3 N–H and O–H groups in total. The summed E-state index contributed by atoms with van der Waals surface area (Å²) in [6.07, 6.45) is 1.99. The van der Waals surface area contributed by atoms with E-state index in [1.54, 1.807) is 0 Å². The van der Waals surface area contributed by atoms with Crippen LogP contribution in [0.3, 0.4) is 0 Å². The van der Waals surface area contributed by atoms with Crippen molar-refractivity contribution in [3.05, 3.63) is 28.3 Å². The molecule has 2 atom stereocenters. The first-order valence-electron chi connectivity index (χ1n) is 8.16. The number of ether oxygens (including phenoxy) is 1. The Hall–Kier alpha value is -1.71. The Balaban J connectivity index is 2.22. The third-order valence-electron chi connectivity index (χ3n) is 4.30. The molecular weight excluding hydrogens is 346 g/mol. The maximum absolute atomic E-state index is 11.6. The molecule has 1 saturated heterocycles. The summed E-state index contributed by atoms with van der Waals surface area (Å²) in [4.78, 5) is 10.1. The normalized spacial score (nSPS) is 21.8. The summed E-state index contributed by atoms with van der Waals surface area (Å²) in [5.41, 5.74) is 0.0130. The quantitative estimate of drug-likeness (QED) is 0.605. The summed E-state index contributed by atoms with van der Waals surface area (Å²) < 4.78 is 29.0. The molecule has 1 aliphatic rings. The largest absolute Gasteiger partial charge is 0.384 e. The summed E-state index contributed by atoms with van der Waals surface area (Å²) in [6.45, 7) is 7.60. The lowest BCUT2D eigenvalue weighted by molar-refractivity contribution is -0.385. The number of nitrogens with two attached hydrogens (primary N) is 1. The predicted octanol–water partition coefficient (Wildman–Crippen LogP) is 2.50. The number of anilines is 1. The summed E-state index contributed by atoms with van der Waals surface area (Å²) in [5, 5.41) is 19.3. The van der Waals surface area contributed by atoms with Gasteiger partial charge in [-0.1, -0.05) is 20.8 Å². The van der Waals surface area contributed by atoms with E-state index in [0.717, 1.165) is 25.5 Å². The van der Waals surface area contributed by atoms with Gasteiger partial charge >= 0.3 is 0 Å². The number of hydrogen-bond donors (Lipinski definition) is 2. The first-order chi connectivity index (χ1) is 11.5. The van der Waals surface area contributed by atoms with Gasteiger partial charge in [0.05, 0.1) is 15.9 Å². The molecule has 1 fully saturated rings. The van der Waals surface area contributed by atoms with E-state index in [9.17, 15) is 18.5 Å². The second kappa shape index (κ2) is 7.27. The number of sulfonamides is 1. The predicted molar refractivity (Wildman–Crippen MR) is 94.9 cm³/mol. The highest BCUT2D eigenvalue weighted by molar-refractivity contribution is 7.89. The van der Waals surface area contributed by atoms with E-state index in [4.69, 9.17) is 9.88 Å². The number of benzene rings is 1. The van der Waals surface area contributed by atoms with E-state index in [-0.39, 0.29) is 28.0 Å². The molecule has 0 aromatic heterocycles. The molecule has 1 aromatic rings. The summed E-state index contributed by atoms with van der Waals surface area (Å²) in [5.74, 6) is 0.228. The Labute approximate surface area is 147 Å². The van der Waals surface area contributed by atoms with Gasteiger partial charge in [0.15, 0.2) is 0 Å². The number of nitro groups is 1. The molecule has 0 saturated carbocycles. The molecule has 1 aliphatic heterocycles. The molecule has 140 valence electrons. The number of nitrogens with zero attached hydrogens (tertiary/aromatic N) is 1. The molecule has 25 heavy (non-hydrogen) atoms. The number of nitrogens with one attached hydrogen (secondary N) is 1. The van der Waals surface area contributed by atoms with Crippen LogP contribution in [0.25, 0.3) is 0 Å². The third-order valence-corrected chi connectivity index (χ3v) is 5.19. The van der Waals surface area contributed by atoms with E-state index in [2.05, 4.69) is 26.1 Å². The average Bonchev–Trinajstić information content (AvgIpc) is 2.51. The van der Waals surface area contributed by atoms with Crippen LogP contribution in [0.4, 0.5) is 11.4 Å². The van der Waals surface area contributed by atoms with Crippen LogP contribution in [0, 0.1) is 21.4 Å². The fourth-order valence-electron chi connectivity index (χ4n) is 3.21. The Kier molecular flexibility index (Phi) is 5.70. The van der Waals surface area contributed by atoms with Crippen molar-refractivity contribution in [1.29, 1.82) is 0 Å². The van der Waals surface area contributed by atoms with Crippen LogP contribution in [-0.4, -0.2) is 32.6 Å². The molecule has 8 nitrogen and oxygen atoms in total. The lowest BCUT2D eigenvalue weighted by atomic mass is 9.78.